The zero-order valence-electron chi connectivity index (χ0n) is 11.5. The maximum Gasteiger partial charge on any atom is 0.260 e. The number of furan rings is 1. The van der Waals surface area contributed by atoms with E-state index >= 15 is 0 Å². The van der Waals surface area contributed by atoms with Crippen LogP contribution in [0.4, 0.5) is 0 Å². The number of nitrogens with one attached hydrogen (secondary N) is 1. The SMILES string of the molecule is C/C(=N/NC(=O)Cn1cnc2ccccc21)c1ccoc1. The zero-order chi connectivity index (χ0) is 14.7. The topological polar surface area (TPSA) is 72.4 Å². The van der Waals surface area contributed by atoms with Gasteiger partial charge < -0.3 is 8.98 Å². The molecule has 0 spiro atoms. The summed E-state index contributed by atoms with van der Waals surface area (Å²) in [6.07, 6.45) is 4.79. The maximum atomic E-state index is 11.9. The van der Waals surface area contributed by atoms with Gasteiger partial charge in [0, 0.05) is 5.56 Å². The Balaban J connectivity index is 1.68. The van der Waals surface area contributed by atoms with E-state index in [-0.39, 0.29) is 12.5 Å². The molecule has 0 atom stereocenters. The van der Waals surface area contributed by atoms with Gasteiger partial charge in [-0.15, -0.1) is 0 Å². The third kappa shape index (κ3) is 2.84. The molecule has 0 aliphatic carbocycles. The summed E-state index contributed by atoms with van der Waals surface area (Å²) >= 11 is 0. The second kappa shape index (κ2) is 5.62. The molecule has 106 valence electrons. The quantitative estimate of drug-likeness (QED) is 0.589. The van der Waals surface area contributed by atoms with Crippen molar-refractivity contribution in [3.05, 3.63) is 54.7 Å². The van der Waals surface area contributed by atoms with Crippen molar-refractivity contribution in [1.29, 1.82) is 0 Å². The van der Waals surface area contributed by atoms with Gasteiger partial charge in [0.15, 0.2) is 0 Å². The molecule has 0 saturated carbocycles. The van der Waals surface area contributed by atoms with Crippen LogP contribution in [-0.2, 0) is 11.3 Å². The Morgan fingerprint density at radius 1 is 1.38 bits per heavy atom. The van der Waals surface area contributed by atoms with Gasteiger partial charge in [-0.3, -0.25) is 4.79 Å². The molecule has 3 aromatic rings. The van der Waals surface area contributed by atoms with Crippen LogP contribution < -0.4 is 5.43 Å². The van der Waals surface area contributed by atoms with Crippen LogP contribution in [-0.4, -0.2) is 21.2 Å². The molecular formula is C15H14N4O2. The van der Waals surface area contributed by atoms with Crippen molar-refractivity contribution >= 4 is 22.7 Å². The first-order valence-electron chi connectivity index (χ1n) is 6.49. The van der Waals surface area contributed by atoms with Gasteiger partial charge in [0.2, 0.25) is 0 Å². The van der Waals surface area contributed by atoms with Crippen molar-refractivity contribution in [3.63, 3.8) is 0 Å². The molecule has 0 radical (unpaired) electrons. The van der Waals surface area contributed by atoms with Gasteiger partial charge in [0.05, 0.1) is 35.6 Å². The normalized spacial score (nSPS) is 11.8. The highest BCUT2D eigenvalue weighted by Crippen LogP contribution is 2.11. The highest BCUT2D eigenvalue weighted by atomic mass is 16.3. The molecule has 3 rings (SSSR count). The Hall–Kier alpha value is -2.89. The van der Waals surface area contributed by atoms with Crippen molar-refractivity contribution < 1.29 is 9.21 Å². The predicted molar refractivity (Wildman–Crippen MR) is 78.8 cm³/mol. The number of carbonyl (C=O) groups excluding carboxylic acids is 1. The average Bonchev–Trinajstić information content (AvgIpc) is 3.15. The smallest absolute Gasteiger partial charge is 0.260 e. The zero-order valence-corrected chi connectivity index (χ0v) is 11.5. The first-order chi connectivity index (χ1) is 10.2. The molecule has 0 aliphatic heterocycles. The predicted octanol–water partition coefficient (Wildman–Crippen LogP) is 2.17. The van der Waals surface area contributed by atoms with Gasteiger partial charge >= 0.3 is 0 Å². The van der Waals surface area contributed by atoms with Gasteiger partial charge in [-0.1, -0.05) is 12.1 Å². The number of rotatable bonds is 4. The Labute approximate surface area is 121 Å². The summed E-state index contributed by atoms with van der Waals surface area (Å²) < 4.78 is 6.76. The lowest BCUT2D eigenvalue weighted by atomic mass is 10.2. The number of amides is 1. The van der Waals surface area contributed by atoms with E-state index in [4.69, 9.17) is 4.42 Å². The summed E-state index contributed by atoms with van der Waals surface area (Å²) in [6, 6.07) is 9.45. The van der Waals surface area contributed by atoms with Gasteiger partial charge in [-0.25, -0.2) is 10.4 Å². The van der Waals surface area contributed by atoms with Crippen molar-refractivity contribution in [3.8, 4) is 0 Å². The molecule has 2 aromatic heterocycles. The fraction of sp³-hybridized carbons (Fsp3) is 0.133. The first-order valence-corrected chi connectivity index (χ1v) is 6.49. The molecule has 0 fully saturated rings. The summed E-state index contributed by atoms with van der Waals surface area (Å²) in [5.74, 6) is -0.207. The standard InChI is InChI=1S/C15H14N4O2/c1-11(12-6-7-21-9-12)17-18-15(20)8-19-10-16-13-4-2-3-5-14(13)19/h2-7,9-10H,8H2,1H3,(H,18,20)/b17-11-. The van der Waals surface area contributed by atoms with E-state index in [0.717, 1.165) is 16.6 Å². The third-order valence-corrected chi connectivity index (χ3v) is 3.13. The number of nitrogens with zero attached hydrogens (tertiary/aromatic N) is 3. The van der Waals surface area contributed by atoms with Crippen molar-refractivity contribution in [2.24, 2.45) is 5.10 Å². The molecule has 2 heterocycles. The Morgan fingerprint density at radius 2 is 2.24 bits per heavy atom. The largest absolute Gasteiger partial charge is 0.472 e. The molecule has 1 amide bonds. The number of hydrogen-bond donors (Lipinski definition) is 1. The number of aromatic nitrogens is 2. The minimum absolute atomic E-state index is 0.169. The number of fused-ring (bicyclic) bond motifs is 1. The van der Waals surface area contributed by atoms with Gasteiger partial charge in [0.25, 0.3) is 5.91 Å². The van der Waals surface area contributed by atoms with E-state index in [2.05, 4.69) is 15.5 Å². The van der Waals surface area contributed by atoms with Crippen LogP contribution in [0, 0.1) is 0 Å². The third-order valence-electron chi connectivity index (χ3n) is 3.13. The monoisotopic (exact) mass is 282 g/mol. The van der Waals surface area contributed by atoms with E-state index in [9.17, 15) is 4.79 Å². The fourth-order valence-corrected chi connectivity index (χ4v) is 2.01. The van der Waals surface area contributed by atoms with E-state index < -0.39 is 0 Å². The fourth-order valence-electron chi connectivity index (χ4n) is 2.01. The van der Waals surface area contributed by atoms with Gasteiger partial charge in [-0.2, -0.15) is 5.10 Å². The lowest BCUT2D eigenvalue weighted by Gasteiger charge is -2.03. The van der Waals surface area contributed by atoms with Crippen LogP contribution in [0.2, 0.25) is 0 Å². The van der Waals surface area contributed by atoms with Crippen LogP contribution in [0.25, 0.3) is 11.0 Å². The molecule has 0 aliphatic rings. The number of benzene rings is 1. The van der Waals surface area contributed by atoms with Crippen LogP contribution in [0.15, 0.2) is 58.7 Å². The van der Waals surface area contributed by atoms with Crippen molar-refractivity contribution in [2.75, 3.05) is 0 Å². The first kappa shape index (κ1) is 13.1. The summed E-state index contributed by atoms with van der Waals surface area (Å²) in [4.78, 5) is 16.2. The van der Waals surface area contributed by atoms with Crippen LogP contribution in [0.3, 0.4) is 0 Å². The minimum Gasteiger partial charge on any atom is -0.472 e. The molecule has 0 bridgehead atoms. The second-order valence-corrected chi connectivity index (χ2v) is 4.61. The molecule has 0 saturated heterocycles. The Kier molecular flexibility index (Phi) is 3.51. The number of hydrazone groups is 1. The maximum absolute atomic E-state index is 11.9. The van der Waals surface area contributed by atoms with Gasteiger partial charge in [-0.05, 0) is 25.1 Å². The second-order valence-electron chi connectivity index (χ2n) is 4.61. The average molecular weight is 282 g/mol. The van der Waals surface area contributed by atoms with E-state index in [1.54, 1.807) is 36.4 Å². The molecular weight excluding hydrogens is 268 g/mol. The van der Waals surface area contributed by atoms with Crippen molar-refractivity contribution in [2.45, 2.75) is 13.5 Å². The number of para-hydroxylation sites is 2. The summed E-state index contributed by atoms with van der Waals surface area (Å²) in [7, 11) is 0. The minimum atomic E-state index is -0.207. The number of carbonyl (C=O) groups is 1. The highest BCUT2D eigenvalue weighted by molar-refractivity contribution is 5.98. The summed E-state index contributed by atoms with van der Waals surface area (Å²) in [5, 5.41) is 4.05. The number of hydrogen-bond acceptors (Lipinski definition) is 4. The molecule has 6 nitrogen and oxygen atoms in total. The molecule has 0 unspecified atom stereocenters. The number of imidazole rings is 1. The lowest BCUT2D eigenvalue weighted by Crippen LogP contribution is -2.23. The lowest BCUT2D eigenvalue weighted by molar-refractivity contribution is -0.121. The Bertz CT molecular complexity index is 787. The van der Waals surface area contributed by atoms with E-state index in [1.165, 1.54) is 0 Å². The molecule has 1 N–H and O–H groups in total. The van der Waals surface area contributed by atoms with Crippen LogP contribution >= 0.6 is 0 Å². The van der Waals surface area contributed by atoms with Crippen LogP contribution in [0.1, 0.15) is 12.5 Å². The van der Waals surface area contributed by atoms with E-state index in [1.807, 2.05) is 24.3 Å². The molecule has 6 heteroatoms. The molecule has 1 aromatic carbocycles. The molecule has 21 heavy (non-hydrogen) atoms. The Morgan fingerprint density at radius 3 is 3.05 bits per heavy atom. The highest BCUT2D eigenvalue weighted by Gasteiger charge is 2.06. The van der Waals surface area contributed by atoms with E-state index in [0.29, 0.717) is 5.71 Å². The van der Waals surface area contributed by atoms with Crippen LogP contribution in [0.5, 0.6) is 0 Å². The summed E-state index contributed by atoms with van der Waals surface area (Å²) in [6.45, 7) is 1.97. The van der Waals surface area contributed by atoms with Crippen molar-refractivity contribution in [1.82, 2.24) is 15.0 Å². The summed E-state index contributed by atoms with van der Waals surface area (Å²) in [5.41, 5.74) is 5.84. The van der Waals surface area contributed by atoms with Gasteiger partial charge in [0.1, 0.15) is 6.54 Å².